The van der Waals surface area contributed by atoms with Crippen molar-refractivity contribution in [3.63, 3.8) is 0 Å². The molecule has 0 N–H and O–H groups in total. The first-order chi connectivity index (χ1) is 12.6. The van der Waals surface area contributed by atoms with Crippen LogP contribution >= 0.6 is 11.8 Å². The van der Waals surface area contributed by atoms with E-state index in [9.17, 15) is 0 Å². The van der Waals surface area contributed by atoms with Crippen LogP contribution in [0.1, 0.15) is 72.3 Å². The van der Waals surface area contributed by atoms with E-state index >= 15 is 0 Å². The number of unbranched alkanes of at least 4 members (excludes halogenated alkanes) is 1. The van der Waals surface area contributed by atoms with E-state index in [-0.39, 0.29) is 11.0 Å². The molecule has 0 spiro atoms. The van der Waals surface area contributed by atoms with Gasteiger partial charge in [0, 0.05) is 29.9 Å². The van der Waals surface area contributed by atoms with Gasteiger partial charge in [0.2, 0.25) is 5.69 Å². The van der Waals surface area contributed by atoms with Crippen LogP contribution < -0.4 is 4.57 Å². The molecule has 0 amide bonds. The molecule has 0 bridgehead atoms. The first-order valence-electron chi connectivity index (χ1n) is 10.4. The van der Waals surface area contributed by atoms with Crippen molar-refractivity contribution >= 4 is 11.8 Å². The zero-order chi connectivity index (χ0) is 18.8. The number of benzene rings is 1. The maximum absolute atomic E-state index is 2.60. The predicted molar refractivity (Wildman–Crippen MR) is 114 cm³/mol. The van der Waals surface area contributed by atoms with Gasteiger partial charge in [-0.3, -0.25) is 0 Å². The molecule has 2 heterocycles. The average molecular weight is 369 g/mol. The van der Waals surface area contributed by atoms with Crippen LogP contribution in [-0.4, -0.2) is 5.75 Å². The normalized spacial score (nSPS) is 20.5. The van der Waals surface area contributed by atoms with Gasteiger partial charge in [0.1, 0.15) is 0 Å². The fourth-order valence-electron chi connectivity index (χ4n) is 5.08. The van der Waals surface area contributed by atoms with Gasteiger partial charge in [-0.2, -0.15) is 4.57 Å². The summed E-state index contributed by atoms with van der Waals surface area (Å²) in [5, 5.41) is 0. The van der Waals surface area contributed by atoms with Crippen LogP contribution in [-0.2, 0) is 11.0 Å². The molecule has 0 saturated carbocycles. The van der Waals surface area contributed by atoms with E-state index in [4.69, 9.17) is 0 Å². The molecule has 140 valence electrons. The highest BCUT2D eigenvalue weighted by Crippen LogP contribution is 2.51. The van der Waals surface area contributed by atoms with Crippen LogP contribution in [0.3, 0.4) is 0 Å². The Kier molecular flexibility index (Phi) is 5.81. The van der Waals surface area contributed by atoms with Crippen molar-refractivity contribution in [2.75, 3.05) is 5.75 Å². The summed E-state index contributed by atoms with van der Waals surface area (Å²) in [5.41, 5.74) is 4.65. The molecule has 1 atom stereocenters. The Morgan fingerprint density at radius 3 is 2.38 bits per heavy atom. The minimum absolute atomic E-state index is 0.141. The van der Waals surface area contributed by atoms with Crippen molar-refractivity contribution in [2.45, 2.75) is 82.6 Å². The second kappa shape index (κ2) is 7.76. The maximum Gasteiger partial charge on any atom is 0.213 e. The quantitative estimate of drug-likeness (QED) is 0.298. The first-order valence-corrected chi connectivity index (χ1v) is 11.3. The molecule has 0 aliphatic carbocycles. The van der Waals surface area contributed by atoms with Gasteiger partial charge >= 0.3 is 0 Å². The monoisotopic (exact) mass is 368 g/mol. The second-order valence-corrected chi connectivity index (χ2v) is 8.96. The predicted octanol–water partition coefficient (Wildman–Crippen LogP) is 6.73. The molecule has 1 aromatic carbocycles. The van der Waals surface area contributed by atoms with Gasteiger partial charge in [-0.25, -0.2) is 0 Å². The molecular formula is C24H34NS+. The van der Waals surface area contributed by atoms with Crippen LogP contribution in [0, 0.1) is 0 Å². The van der Waals surface area contributed by atoms with Gasteiger partial charge in [0.25, 0.3) is 0 Å². The van der Waals surface area contributed by atoms with E-state index in [2.05, 4.69) is 81.8 Å². The zero-order valence-corrected chi connectivity index (χ0v) is 18.0. The summed E-state index contributed by atoms with van der Waals surface area (Å²) < 4.78 is 2.60. The average Bonchev–Trinajstić information content (AvgIpc) is 2.69. The lowest BCUT2D eigenvalue weighted by molar-refractivity contribution is -0.769. The molecular weight excluding hydrogens is 334 g/mol. The van der Waals surface area contributed by atoms with Crippen molar-refractivity contribution in [1.82, 2.24) is 0 Å². The van der Waals surface area contributed by atoms with E-state index in [0.29, 0.717) is 0 Å². The van der Waals surface area contributed by atoms with Crippen LogP contribution in [0.5, 0.6) is 0 Å². The second-order valence-electron chi connectivity index (χ2n) is 7.79. The molecule has 26 heavy (non-hydrogen) atoms. The molecule has 1 nitrogen and oxygen atoms in total. The van der Waals surface area contributed by atoms with Crippen molar-refractivity contribution in [1.29, 1.82) is 0 Å². The lowest BCUT2D eigenvalue weighted by Gasteiger charge is -2.47. The molecule has 0 fully saturated rings. The number of aromatic nitrogens is 1. The van der Waals surface area contributed by atoms with Crippen molar-refractivity contribution in [3.05, 3.63) is 48.2 Å². The number of rotatable bonds is 7. The highest BCUT2D eigenvalue weighted by molar-refractivity contribution is 7.99. The summed E-state index contributed by atoms with van der Waals surface area (Å²) in [4.78, 5) is 1.41. The van der Waals surface area contributed by atoms with Crippen molar-refractivity contribution in [3.8, 4) is 11.3 Å². The van der Waals surface area contributed by atoms with E-state index in [1.54, 1.807) is 0 Å². The van der Waals surface area contributed by atoms with E-state index in [1.165, 1.54) is 40.3 Å². The third kappa shape index (κ3) is 2.81. The standard InChI is InChI=1S/C24H34NS/c1-6-10-17-26-19-14-15-21-20(18-19)22-13-11-12-16-25(22)24(8-3,9-4)23(21,5)7-2/h11-16,18H,6-10,17H2,1-5H3/q+1. The van der Waals surface area contributed by atoms with Crippen LogP contribution in [0.4, 0.5) is 0 Å². The van der Waals surface area contributed by atoms with Gasteiger partial charge in [-0.1, -0.05) is 40.2 Å². The Morgan fingerprint density at radius 1 is 0.962 bits per heavy atom. The Balaban J connectivity index is 2.20. The van der Waals surface area contributed by atoms with E-state index < -0.39 is 0 Å². The number of hydrogen-bond acceptors (Lipinski definition) is 1. The van der Waals surface area contributed by atoms with Gasteiger partial charge in [-0.05, 0) is 49.3 Å². The third-order valence-electron chi connectivity index (χ3n) is 6.85. The topological polar surface area (TPSA) is 3.88 Å². The molecule has 2 aromatic rings. The Hall–Kier alpha value is -1.28. The molecule has 1 aliphatic rings. The first kappa shape index (κ1) is 19.5. The molecule has 2 heteroatoms. The molecule has 0 radical (unpaired) electrons. The largest absolute Gasteiger partial charge is 0.213 e. The van der Waals surface area contributed by atoms with Crippen molar-refractivity contribution < 1.29 is 4.57 Å². The summed E-state index contributed by atoms with van der Waals surface area (Å²) in [6.07, 6.45) is 8.33. The summed E-state index contributed by atoms with van der Waals surface area (Å²) in [6, 6.07) is 14.0. The van der Waals surface area contributed by atoms with Crippen LogP contribution in [0.2, 0.25) is 0 Å². The SMILES string of the molecule is CCCCSc1ccc2c(c1)-c1cccc[n+]1C(CC)(CC)C2(C)CC. The lowest BCUT2D eigenvalue weighted by atomic mass is 9.59. The van der Waals surface area contributed by atoms with Crippen LogP contribution in [0.15, 0.2) is 47.5 Å². The summed E-state index contributed by atoms with van der Waals surface area (Å²) in [5.74, 6) is 1.21. The number of pyridine rings is 1. The fraction of sp³-hybridized carbons (Fsp3) is 0.542. The fourth-order valence-corrected chi connectivity index (χ4v) is 6.12. The molecule has 1 unspecified atom stereocenters. The van der Waals surface area contributed by atoms with Gasteiger partial charge in [0.15, 0.2) is 11.7 Å². The van der Waals surface area contributed by atoms with Crippen molar-refractivity contribution in [2.24, 2.45) is 0 Å². The van der Waals surface area contributed by atoms with Gasteiger partial charge in [-0.15, -0.1) is 11.8 Å². The molecule has 1 aliphatic heterocycles. The van der Waals surface area contributed by atoms with Crippen LogP contribution in [0.25, 0.3) is 11.3 Å². The molecule has 1 aromatic heterocycles. The minimum Gasteiger partial charge on any atom is -0.192 e. The maximum atomic E-state index is 2.60. The van der Waals surface area contributed by atoms with E-state index in [1.807, 2.05) is 11.8 Å². The zero-order valence-electron chi connectivity index (χ0n) is 17.1. The van der Waals surface area contributed by atoms with Gasteiger partial charge < -0.3 is 0 Å². The smallest absolute Gasteiger partial charge is 0.192 e. The number of fused-ring (bicyclic) bond motifs is 3. The highest BCUT2D eigenvalue weighted by atomic mass is 32.2. The Morgan fingerprint density at radius 2 is 1.73 bits per heavy atom. The summed E-state index contributed by atoms with van der Waals surface area (Å²) >= 11 is 2.00. The third-order valence-corrected chi connectivity index (χ3v) is 7.93. The summed E-state index contributed by atoms with van der Waals surface area (Å²) in [7, 11) is 0. The number of nitrogens with zero attached hydrogens (tertiary/aromatic N) is 1. The van der Waals surface area contributed by atoms with Gasteiger partial charge in [0.05, 0.1) is 11.0 Å². The Bertz CT molecular complexity index is 763. The Labute approximate surface area is 164 Å². The molecule has 0 saturated heterocycles. The lowest BCUT2D eigenvalue weighted by Crippen LogP contribution is -2.68. The molecule has 3 rings (SSSR count). The minimum atomic E-state index is 0.141. The van der Waals surface area contributed by atoms with E-state index in [0.717, 1.165) is 19.3 Å². The number of thioether (sulfide) groups is 1. The highest BCUT2D eigenvalue weighted by Gasteiger charge is 2.58. The summed E-state index contributed by atoms with van der Waals surface area (Å²) in [6.45, 7) is 11.8. The number of hydrogen-bond donors (Lipinski definition) is 0.